The summed E-state index contributed by atoms with van der Waals surface area (Å²) >= 11 is 0. The number of nitrogens with one attached hydrogen (secondary N) is 1. The van der Waals surface area contributed by atoms with Gasteiger partial charge in [0.15, 0.2) is 0 Å². The number of pyridine rings is 1. The Morgan fingerprint density at radius 2 is 2.05 bits per heavy atom. The van der Waals surface area contributed by atoms with Gasteiger partial charge in [0.2, 0.25) is 0 Å². The zero-order valence-electron chi connectivity index (χ0n) is 12.6. The number of amides is 2. The van der Waals surface area contributed by atoms with Gasteiger partial charge in [0.25, 0.3) is 0 Å². The van der Waals surface area contributed by atoms with Crippen molar-refractivity contribution in [2.45, 2.75) is 38.6 Å². The molecular formula is C17H25N3O. The molecule has 0 spiro atoms. The maximum absolute atomic E-state index is 12.3. The standard InChI is InChI=1S/C17H25N3O/c1-2-12-20(14-16-6-4-3-5-7-16)17(21)19-13-15-8-10-18-11-9-15/h2,8-11,16H,1,3-7,12-14H2,(H,19,21). The minimum Gasteiger partial charge on any atom is -0.334 e. The van der Waals surface area contributed by atoms with Crippen molar-refractivity contribution in [3.63, 3.8) is 0 Å². The highest BCUT2D eigenvalue weighted by molar-refractivity contribution is 5.74. The van der Waals surface area contributed by atoms with Gasteiger partial charge in [0.1, 0.15) is 0 Å². The molecular weight excluding hydrogens is 262 g/mol. The Kier molecular flexibility index (Phi) is 6.25. The quantitative estimate of drug-likeness (QED) is 0.815. The van der Waals surface area contributed by atoms with E-state index < -0.39 is 0 Å². The lowest BCUT2D eigenvalue weighted by Gasteiger charge is -2.29. The topological polar surface area (TPSA) is 45.2 Å². The van der Waals surface area contributed by atoms with Crippen molar-refractivity contribution in [2.24, 2.45) is 5.92 Å². The zero-order chi connectivity index (χ0) is 14.9. The first-order valence-electron chi connectivity index (χ1n) is 7.82. The number of hydrogen-bond acceptors (Lipinski definition) is 2. The van der Waals surface area contributed by atoms with E-state index in [1.165, 1.54) is 32.1 Å². The van der Waals surface area contributed by atoms with Gasteiger partial charge < -0.3 is 10.2 Å². The van der Waals surface area contributed by atoms with E-state index >= 15 is 0 Å². The fourth-order valence-electron chi connectivity index (χ4n) is 2.87. The average Bonchev–Trinajstić information content (AvgIpc) is 2.54. The molecule has 1 saturated carbocycles. The number of carbonyl (C=O) groups excluding carboxylic acids is 1. The summed E-state index contributed by atoms with van der Waals surface area (Å²) in [5, 5.41) is 2.98. The molecule has 1 aromatic rings. The number of carbonyl (C=O) groups is 1. The second-order valence-corrected chi connectivity index (χ2v) is 5.71. The van der Waals surface area contributed by atoms with Crippen molar-refractivity contribution in [2.75, 3.05) is 13.1 Å². The Morgan fingerprint density at radius 3 is 2.71 bits per heavy atom. The molecule has 0 atom stereocenters. The molecule has 114 valence electrons. The second-order valence-electron chi connectivity index (χ2n) is 5.71. The highest BCUT2D eigenvalue weighted by Crippen LogP contribution is 2.24. The summed E-state index contributed by atoms with van der Waals surface area (Å²) in [5.41, 5.74) is 1.06. The summed E-state index contributed by atoms with van der Waals surface area (Å²) in [5.74, 6) is 0.644. The summed E-state index contributed by atoms with van der Waals surface area (Å²) in [4.78, 5) is 18.2. The molecule has 4 heteroatoms. The summed E-state index contributed by atoms with van der Waals surface area (Å²) in [6, 6.07) is 3.83. The highest BCUT2D eigenvalue weighted by atomic mass is 16.2. The first kappa shape index (κ1) is 15.5. The molecule has 1 aliphatic carbocycles. The maximum Gasteiger partial charge on any atom is 0.317 e. The molecule has 0 aromatic carbocycles. The second kappa shape index (κ2) is 8.45. The van der Waals surface area contributed by atoms with Gasteiger partial charge in [-0.1, -0.05) is 25.3 Å². The molecule has 21 heavy (non-hydrogen) atoms. The molecule has 1 heterocycles. The first-order valence-corrected chi connectivity index (χ1v) is 7.82. The van der Waals surface area contributed by atoms with Gasteiger partial charge in [0.05, 0.1) is 0 Å². The number of nitrogens with zero attached hydrogens (tertiary/aromatic N) is 2. The lowest BCUT2D eigenvalue weighted by Crippen LogP contribution is -2.42. The third-order valence-corrected chi connectivity index (χ3v) is 4.03. The van der Waals surface area contributed by atoms with E-state index in [4.69, 9.17) is 0 Å². The first-order chi connectivity index (χ1) is 10.3. The van der Waals surface area contributed by atoms with Crippen molar-refractivity contribution in [3.8, 4) is 0 Å². The minimum atomic E-state index is -0.00251. The van der Waals surface area contributed by atoms with Crippen LogP contribution in [0, 0.1) is 5.92 Å². The molecule has 1 aromatic heterocycles. The fraction of sp³-hybridized carbons (Fsp3) is 0.529. The molecule has 0 aliphatic heterocycles. The Labute approximate surface area is 127 Å². The van der Waals surface area contributed by atoms with Gasteiger partial charge in [-0.15, -0.1) is 6.58 Å². The van der Waals surface area contributed by atoms with E-state index in [9.17, 15) is 4.79 Å². The Morgan fingerprint density at radius 1 is 1.33 bits per heavy atom. The van der Waals surface area contributed by atoms with Crippen LogP contribution >= 0.6 is 0 Å². The molecule has 1 aliphatic rings. The van der Waals surface area contributed by atoms with Gasteiger partial charge in [0, 0.05) is 32.0 Å². The molecule has 0 radical (unpaired) electrons. The number of urea groups is 1. The van der Waals surface area contributed by atoms with Crippen LogP contribution in [-0.4, -0.2) is 29.0 Å². The van der Waals surface area contributed by atoms with E-state index in [0.717, 1.165) is 12.1 Å². The molecule has 0 unspecified atom stereocenters. The molecule has 2 rings (SSSR count). The van der Waals surface area contributed by atoms with Gasteiger partial charge >= 0.3 is 6.03 Å². The fourth-order valence-corrected chi connectivity index (χ4v) is 2.87. The SMILES string of the molecule is C=CCN(CC1CCCCC1)C(=O)NCc1ccncc1. The summed E-state index contributed by atoms with van der Waals surface area (Å²) in [6.45, 7) is 5.76. The third-order valence-electron chi connectivity index (χ3n) is 4.03. The minimum absolute atomic E-state index is 0.00251. The van der Waals surface area contributed by atoms with Crippen molar-refractivity contribution >= 4 is 6.03 Å². The Hall–Kier alpha value is -1.84. The normalized spacial score (nSPS) is 15.4. The number of rotatable bonds is 6. The van der Waals surface area contributed by atoms with E-state index in [1.807, 2.05) is 17.0 Å². The van der Waals surface area contributed by atoms with Gasteiger partial charge in [-0.25, -0.2) is 4.79 Å². The van der Waals surface area contributed by atoms with Crippen LogP contribution in [0.25, 0.3) is 0 Å². The molecule has 1 fully saturated rings. The van der Waals surface area contributed by atoms with E-state index in [2.05, 4.69) is 16.9 Å². The third kappa shape index (κ3) is 5.21. The van der Waals surface area contributed by atoms with Gasteiger partial charge in [-0.3, -0.25) is 4.98 Å². The molecule has 1 N–H and O–H groups in total. The van der Waals surface area contributed by atoms with Crippen LogP contribution in [0.5, 0.6) is 0 Å². The molecule has 2 amide bonds. The van der Waals surface area contributed by atoms with Crippen molar-refractivity contribution in [3.05, 3.63) is 42.7 Å². The van der Waals surface area contributed by atoms with Crippen LogP contribution in [0.1, 0.15) is 37.7 Å². The average molecular weight is 287 g/mol. The number of aromatic nitrogens is 1. The van der Waals surface area contributed by atoms with Crippen LogP contribution in [-0.2, 0) is 6.54 Å². The van der Waals surface area contributed by atoms with Gasteiger partial charge in [-0.05, 0) is 36.5 Å². The van der Waals surface area contributed by atoms with E-state index in [1.54, 1.807) is 18.5 Å². The summed E-state index contributed by atoms with van der Waals surface area (Å²) < 4.78 is 0. The molecule has 0 saturated heterocycles. The largest absolute Gasteiger partial charge is 0.334 e. The van der Waals surface area contributed by atoms with Crippen molar-refractivity contribution < 1.29 is 4.79 Å². The molecule has 4 nitrogen and oxygen atoms in total. The van der Waals surface area contributed by atoms with E-state index in [0.29, 0.717) is 19.0 Å². The van der Waals surface area contributed by atoms with Crippen molar-refractivity contribution in [1.29, 1.82) is 0 Å². The maximum atomic E-state index is 12.3. The van der Waals surface area contributed by atoms with Crippen LogP contribution in [0.15, 0.2) is 37.2 Å². The lowest BCUT2D eigenvalue weighted by atomic mass is 9.89. The summed E-state index contributed by atoms with van der Waals surface area (Å²) in [6.07, 6.45) is 11.7. The monoisotopic (exact) mass is 287 g/mol. The van der Waals surface area contributed by atoms with Crippen molar-refractivity contribution in [1.82, 2.24) is 15.2 Å². The number of hydrogen-bond donors (Lipinski definition) is 1. The van der Waals surface area contributed by atoms with Crippen LogP contribution in [0.4, 0.5) is 4.79 Å². The van der Waals surface area contributed by atoms with Crippen LogP contribution < -0.4 is 5.32 Å². The van der Waals surface area contributed by atoms with E-state index in [-0.39, 0.29) is 6.03 Å². The van der Waals surface area contributed by atoms with Crippen LogP contribution in [0.2, 0.25) is 0 Å². The highest BCUT2D eigenvalue weighted by Gasteiger charge is 2.19. The molecule has 0 bridgehead atoms. The zero-order valence-corrected chi connectivity index (χ0v) is 12.6. The summed E-state index contributed by atoms with van der Waals surface area (Å²) in [7, 11) is 0. The Bertz CT molecular complexity index is 441. The van der Waals surface area contributed by atoms with Crippen LogP contribution in [0.3, 0.4) is 0 Å². The predicted octanol–water partition coefficient (Wildman–Crippen LogP) is 3.36. The Balaban J connectivity index is 1.84. The smallest absolute Gasteiger partial charge is 0.317 e. The predicted molar refractivity (Wildman–Crippen MR) is 84.8 cm³/mol. The lowest BCUT2D eigenvalue weighted by molar-refractivity contribution is 0.184. The van der Waals surface area contributed by atoms with Gasteiger partial charge in [-0.2, -0.15) is 0 Å².